The fourth-order valence-corrected chi connectivity index (χ4v) is 12.7. The summed E-state index contributed by atoms with van der Waals surface area (Å²) in [6.07, 6.45) is 21.9. The zero-order valence-electron chi connectivity index (χ0n) is 37.9. The summed E-state index contributed by atoms with van der Waals surface area (Å²) in [7, 11) is 0. The molecule has 3 saturated carbocycles. The summed E-state index contributed by atoms with van der Waals surface area (Å²) in [6, 6.07) is 0.238. The van der Waals surface area contributed by atoms with Gasteiger partial charge < -0.3 is 20.7 Å². The molecule has 0 aliphatic heterocycles. The summed E-state index contributed by atoms with van der Waals surface area (Å²) < 4.78 is 6.17. The van der Waals surface area contributed by atoms with Gasteiger partial charge in [0, 0.05) is 37.4 Å². The molecule has 3 fully saturated rings. The first-order valence-corrected chi connectivity index (χ1v) is 23.6. The highest BCUT2D eigenvalue weighted by atomic mass is 16.5. The maximum atomic E-state index is 13.5. The van der Waals surface area contributed by atoms with E-state index in [1.54, 1.807) is 5.57 Å². The second kappa shape index (κ2) is 20.5. The van der Waals surface area contributed by atoms with E-state index in [1.807, 2.05) is 0 Å². The molecular formula is C49H89N3O3. The Bertz CT molecular complexity index is 1240. The highest BCUT2D eigenvalue weighted by Crippen LogP contribution is 2.67. The molecule has 0 aromatic heterocycles. The number of rotatable bonds is 22. The Hall–Kier alpha value is -1.40. The van der Waals surface area contributed by atoms with E-state index in [-0.39, 0.29) is 35.0 Å². The average molecular weight is 768 g/mol. The lowest BCUT2D eigenvalue weighted by atomic mass is 9.47. The third kappa shape index (κ3) is 12.1. The van der Waals surface area contributed by atoms with Gasteiger partial charge in [0.05, 0.1) is 0 Å². The zero-order valence-corrected chi connectivity index (χ0v) is 37.9. The molecule has 6 heteroatoms. The van der Waals surface area contributed by atoms with E-state index < -0.39 is 0 Å². The Morgan fingerprint density at radius 2 is 1.69 bits per heavy atom. The molecule has 0 spiro atoms. The van der Waals surface area contributed by atoms with Gasteiger partial charge in [-0.15, -0.1) is 0 Å². The van der Waals surface area contributed by atoms with Crippen LogP contribution in [0.15, 0.2) is 11.6 Å². The van der Waals surface area contributed by atoms with Crippen molar-refractivity contribution in [1.82, 2.24) is 10.2 Å². The number of ether oxygens (including phenoxy) is 1. The first-order chi connectivity index (χ1) is 25.9. The lowest BCUT2D eigenvalue weighted by molar-refractivity contribution is -0.151. The molecule has 4 rings (SSSR count). The average Bonchev–Trinajstić information content (AvgIpc) is 3.46. The lowest BCUT2D eigenvalue weighted by Gasteiger charge is -2.58. The number of hydrogen-bond donors (Lipinski definition) is 2. The van der Waals surface area contributed by atoms with E-state index in [2.05, 4.69) is 92.5 Å². The molecule has 0 aromatic rings. The van der Waals surface area contributed by atoms with Crippen molar-refractivity contribution in [3.8, 4) is 0 Å². The largest absolute Gasteiger partial charge is 0.462 e. The van der Waals surface area contributed by atoms with Gasteiger partial charge in [0.1, 0.15) is 6.10 Å². The number of carbonyl (C=O) groups excluding carboxylic acids is 2. The number of fused-ring (bicyclic) bond motifs is 5. The van der Waals surface area contributed by atoms with Crippen molar-refractivity contribution in [3.63, 3.8) is 0 Å². The van der Waals surface area contributed by atoms with Crippen molar-refractivity contribution in [3.05, 3.63) is 11.6 Å². The Labute approximate surface area is 340 Å². The van der Waals surface area contributed by atoms with E-state index in [0.29, 0.717) is 37.1 Å². The summed E-state index contributed by atoms with van der Waals surface area (Å²) in [5.74, 6) is 6.41. The fourth-order valence-electron chi connectivity index (χ4n) is 12.7. The number of carbonyl (C=O) groups is 2. The monoisotopic (exact) mass is 768 g/mol. The van der Waals surface area contributed by atoms with Gasteiger partial charge in [-0.3, -0.25) is 9.59 Å². The van der Waals surface area contributed by atoms with Crippen LogP contribution in [-0.2, 0) is 14.3 Å². The SMILES string of the molecule is CC[C@H](CC[C@@H](C)[C@H]1CC[C@H]2[C@@H]3CC=C4C[C@@H](OC(=O)CCCC(=O)N(CC)C(CCCNCCC(C)(C)N)CC(C)C)CC[C@]4(C)[C@H]3CC[C@]12C)C(C)C. The van der Waals surface area contributed by atoms with Gasteiger partial charge in [0.15, 0.2) is 0 Å². The molecule has 0 aromatic carbocycles. The Morgan fingerprint density at radius 3 is 2.35 bits per heavy atom. The molecule has 1 amide bonds. The first kappa shape index (κ1) is 46.3. The van der Waals surface area contributed by atoms with Gasteiger partial charge in [-0.2, -0.15) is 0 Å². The van der Waals surface area contributed by atoms with Crippen molar-refractivity contribution < 1.29 is 14.3 Å². The number of allylic oxidation sites excluding steroid dienone is 1. The molecule has 4 aliphatic carbocycles. The fraction of sp³-hybridized carbons (Fsp3) is 0.918. The third-order valence-electron chi connectivity index (χ3n) is 16.0. The maximum Gasteiger partial charge on any atom is 0.306 e. The van der Waals surface area contributed by atoms with Crippen LogP contribution in [0.4, 0.5) is 0 Å². The normalized spacial score (nSPS) is 30.9. The minimum absolute atomic E-state index is 0.0190. The van der Waals surface area contributed by atoms with Crippen LogP contribution in [-0.4, -0.2) is 54.1 Å². The van der Waals surface area contributed by atoms with Crippen molar-refractivity contribution in [2.24, 2.45) is 63.9 Å². The standard InChI is InChI=1S/C49H89N3O3/c1-12-37(35(5)6)20-19-36(7)42-23-24-43-41-22-21-38-33-40(25-27-48(38,10)44(41)26-28-49(42,43)11)55-46(54)18-14-17-45(53)52(13-2)39(32-34(3)4)16-15-30-51-31-29-47(8,9)50/h21,34-37,39-44,51H,12-20,22-33,50H2,1-11H3/t36-,37-,39?,40+,41+,42-,43+,44+,48+,49-/m1/s1. The predicted octanol–water partition coefficient (Wildman–Crippen LogP) is 11.5. The van der Waals surface area contributed by atoms with Gasteiger partial charge in [-0.05, 0) is 176 Å². The van der Waals surface area contributed by atoms with E-state index in [4.69, 9.17) is 10.5 Å². The summed E-state index contributed by atoms with van der Waals surface area (Å²) in [5.41, 5.74) is 8.30. The second-order valence-corrected chi connectivity index (χ2v) is 21.3. The van der Waals surface area contributed by atoms with E-state index in [1.165, 1.54) is 51.4 Å². The van der Waals surface area contributed by atoms with Gasteiger partial charge in [0.2, 0.25) is 5.91 Å². The maximum absolute atomic E-state index is 13.5. The molecule has 3 N–H and O–H groups in total. The Morgan fingerprint density at radius 1 is 0.945 bits per heavy atom. The highest BCUT2D eigenvalue weighted by Gasteiger charge is 2.59. The number of esters is 1. The molecule has 55 heavy (non-hydrogen) atoms. The highest BCUT2D eigenvalue weighted by molar-refractivity contribution is 5.77. The summed E-state index contributed by atoms with van der Waals surface area (Å²) in [6.45, 7) is 28.4. The number of nitrogens with one attached hydrogen (secondary N) is 1. The van der Waals surface area contributed by atoms with Crippen LogP contribution in [0, 0.1) is 58.2 Å². The Kier molecular flexibility index (Phi) is 17.3. The van der Waals surface area contributed by atoms with Crippen LogP contribution in [0.25, 0.3) is 0 Å². The second-order valence-electron chi connectivity index (χ2n) is 21.3. The van der Waals surface area contributed by atoms with Crippen molar-refractivity contribution >= 4 is 11.9 Å². The van der Waals surface area contributed by atoms with E-state index in [9.17, 15) is 9.59 Å². The number of nitrogens with two attached hydrogens (primary N) is 1. The molecule has 10 atom stereocenters. The van der Waals surface area contributed by atoms with Crippen LogP contribution >= 0.6 is 0 Å². The Balaban J connectivity index is 1.24. The molecule has 0 bridgehead atoms. The molecular weight excluding hydrogens is 679 g/mol. The number of hydrogen-bond acceptors (Lipinski definition) is 5. The molecule has 0 radical (unpaired) electrons. The molecule has 1 unspecified atom stereocenters. The minimum Gasteiger partial charge on any atom is -0.462 e. The topological polar surface area (TPSA) is 84.7 Å². The molecule has 0 saturated heterocycles. The van der Waals surface area contributed by atoms with Crippen LogP contribution in [0.5, 0.6) is 0 Å². The number of amides is 1. The zero-order chi connectivity index (χ0) is 40.6. The quantitative estimate of drug-likeness (QED) is 0.0651. The minimum atomic E-state index is -0.151. The van der Waals surface area contributed by atoms with Gasteiger partial charge in [-0.25, -0.2) is 0 Å². The van der Waals surface area contributed by atoms with Gasteiger partial charge >= 0.3 is 5.97 Å². The van der Waals surface area contributed by atoms with Crippen LogP contribution in [0.2, 0.25) is 0 Å². The smallest absolute Gasteiger partial charge is 0.306 e. The van der Waals surface area contributed by atoms with Gasteiger partial charge in [0.25, 0.3) is 0 Å². The predicted molar refractivity (Wildman–Crippen MR) is 232 cm³/mol. The van der Waals surface area contributed by atoms with E-state index in [0.717, 1.165) is 99.5 Å². The molecule has 0 heterocycles. The lowest BCUT2D eigenvalue weighted by Crippen LogP contribution is -2.51. The van der Waals surface area contributed by atoms with Crippen molar-refractivity contribution in [2.45, 2.75) is 209 Å². The van der Waals surface area contributed by atoms with Crippen molar-refractivity contribution in [2.75, 3.05) is 19.6 Å². The van der Waals surface area contributed by atoms with E-state index >= 15 is 0 Å². The third-order valence-corrected chi connectivity index (χ3v) is 16.0. The van der Waals surface area contributed by atoms with Crippen LogP contribution in [0.3, 0.4) is 0 Å². The summed E-state index contributed by atoms with van der Waals surface area (Å²) in [4.78, 5) is 28.7. The molecule has 4 aliphatic rings. The molecule has 6 nitrogen and oxygen atoms in total. The van der Waals surface area contributed by atoms with Crippen molar-refractivity contribution in [1.29, 1.82) is 0 Å². The van der Waals surface area contributed by atoms with Crippen LogP contribution in [0.1, 0.15) is 192 Å². The summed E-state index contributed by atoms with van der Waals surface area (Å²) >= 11 is 0. The molecule has 318 valence electrons. The van der Waals surface area contributed by atoms with Crippen LogP contribution < -0.4 is 11.1 Å². The first-order valence-electron chi connectivity index (χ1n) is 23.6. The summed E-state index contributed by atoms with van der Waals surface area (Å²) in [5, 5.41) is 3.53. The number of nitrogens with zero attached hydrogens (tertiary/aromatic N) is 1. The van der Waals surface area contributed by atoms with Gasteiger partial charge in [-0.1, -0.05) is 79.9 Å².